The van der Waals surface area contributed by atoms with Gasteiger partial charge in [0.25, 0.3) is 0 Å². The van der Waals surface area contributed by atoms with E-state index in [1.807, 2.05) is 6.26 Å². The SMILES string of the molecule is CSC(=N)c1ccc(CCCCc2ccccc2)cc1. The first kappa shape index (κ1) is 14.9. The Morgan fingerprint density at radius 2 is 1.40 bits per heavy atom. The molecule has 0 aliphatic carbocycles. The van der Waals surface area contributed by atoms with Crippen LogP contribution in [-0.4, -0.2) is 11.3 Å². The van der Waals surface area contributed by atoms with Crippen LogP contribution in [0.25, 0.3) is 0 Å². The van der Waals surface area contributed by atoms with Crippen LogP contribution in [0.2, 0.25) is 0 Å². The van der Waals surface area contributed by atoms with Crippen molar-refractivity contribution in [2.45, 2.75) is 25.7 Å². The predicted octanol–water partition coefficient (Wildman–Crippen LogP) is 4.94. The largest absolute Gasteiger partial charge is 0.293 e. The summed E-state index contributed by atoms with van der Waals surface area (Å²) < 4.78 is 0. The van der Waals surface area contributed by atoms with Crippen LogP contribution in [0.15, 0.2) is 54.6 Å². The standard InChI is InChI=1S/C18H21NS/c1-20-18(19)17-13-11-16(12-14-17)10-6-5-9-15-7-3-2-4-8-15/h2-4,7-8,11-14,19H,5-6,9-10H2,1H3. The van der Waals surface area contributed by atoms with Gasteiger partial charge in [0.1, 0.15) is 0 Å². The first-order chi connectivity index (χ1) is 9.79. The van der Waals surface area contributed by atoms with Gasteiger partial charge in [0.2, 0.25) is 0 Å². The summed E-state index contributed by atoms with van der Waals surface area (Å²) in [6, 6.07) is 19.1. The Balaban J connectivity index is 1.75. The summed E-state index contributed by atoms with van der Waals surface area (Å²) in [6.07, 6.45) is 6.68. The molecule has 1 N–H and O–H groups in total. The zero-order valence-corrected chi connectivity index (χ0v) is 12.7. The number of nitrogens with one attached hydrogen (secondary N) is 1. The average molecular weight is 283 g/mol. The fourth-order valence-electron chi connectivity index (χ4n) is 2.24. The fraction of sp³-hybridized carbons (Fsp3) is 0.278. The number of hydrogen-bond donors (Lipinski definition) is 1. The van der Waals surface area contributed by atoms with Gasteiger partial charge in [0.15, 0.2) is 0 Å². The molecular formula is C18H21NS. The molecule has 0 aromatic heterocycles. The molecule has 20 heavy (non-hydrogen) atoms. The molecule has 0 radical (unpaired) electrons. The van der Waals surface area contributed by atoms with E-state index in [9.17, 15) is 0 Å². The second kappa shape index (κ2) is 7.91. The van der Waals surface area contributed by atoms with E-state index in [-0.39, 0.29) is 0 Å². The summed E-state index contributed by atoms with van der Waals surface area (Å²) in [7, 11) is 0. The molecular weight excluding hydrogens is 262 g/mol. The third-order valence-corrected chi connectivity index (χ3v) is 4.09. The summed E-state index contributed by atoms with van der Waals surface area (Å²) in [5, 5.41) is 8.41. The molecule has 0 heterocycles. The van der Waals surface area contributed by atoms with Gasteiger partial charge in [0, 0.05) is 5.56 Å². The van der Waals surface area contributed by atoms with Crippen LogP contribution in [0, 0.1) is 5.41 Å². The molecule has 0 unspecified atom stereocenters. The van der Waals surface area contributed by atoms with Crippen molar-refractivity contribution in [1.29, 1.82) is 5.41 Å². The molecule has 2 rings (SSSR count). The van der Waals surface area contributed by atoms with Crippen LogP contribution in [0.1, 0.15) is 29.5 Å². The summed E-state index contributed by atoms with van der Waals surface area (Å²) in [4.78, 5) is 0. The lowest BCUT2D eigenvalue weighted by molar-refractivity contribution is 0.734. The van der Waals surface area contributed by atoms with E-state index in [0.29, 0.717) is 5.04 Å². The summed E-state index contributed by atoms with van der Waals surface area (Å²) in [6.45, 7) is 0. The summed E-state index contributed by atoms with van der Waals surface area (Å²) in [5.74, 6) is 0. The van der Waals surface area contributed by atoms with Gasteiger partial charge in [-0.3, -0.25) is 5.41 Å². The Bertz CT molecular complexity index is 531. The Morgan fingerprint density at radius 3 is 1.95 bits per heavy atom. The highest BCUT2D eigenvalue weighted by atomic mass is 32.2. The first-order valence-electron chi connectivity index (χ1n) is 7.05. The molecule has 0 atom stereocenters. The van der Waals surface area contributed by atoms with Gasteiger partial charge in [-0.25, -0.2) is 0 Å². The average Bonchev–Trinajstić information content (AvgIpc) is 2.52. The highest BCUT2D eigenvalue weighted by Gasteiger charge is 2.00. The molecule has 104 valence electrons. The Labute approximate surface area is 125 Å². The molecule has 0 saturated heterocycles. The van der Waals surface area contributed by atoms with Gasteiger partial charge in [0.05, 0.1) is 5.04 Å². The maximum Gasteiger partial charge on any atom is 0.0939 e. The van der Waals surface area contributed by atoms with Crippen molar-refractivity contribution in [3.8, 4) is 0 Å². The molecule has 0 saturated carbocycles. The molecule has 0 fully saturated rings. The van der Waals surface area contributed by atoms with E-state index in [4.69, 9.17) is 5.41 Å². The quantitative estimate of drug-likeness (QED) is 0.453. The molecule has 2 heteroatoms. The smallest absolute Gasteiger partial charge is 0.0939 e. The second-order valence-corrected chi connectivity index (χ2v) is 5.74. The van der Waals surface area contributed by atoms with Crippen LogP contribution < -0.4 is 0 Å². The second-order valence-electron chi connectivity index (χ2n) is 4.92. The number of hydrogen-bond acceptors (Lipinski definition) is 2. The van der Waals surface area contributed by atoms with E-state index in [0.717, 1.165) is 18.4 Å². The fourth-order valence-corrected chi connectivity index (χ4v) is 2.62. The third kappa shape index (κ3) is 4.53. The minimum Gasteiger partial charge on any atom is -0.293 e. The molecule has 0 aliphatic rings. The maximum atomic E-state index is 7.77. The zero-order chi connectivity index (χ0) is 14.2. The normalized spacial score (nSPS) is 10.4. The lowest BCUT2D eigenvalue weighted by Crippen LogP contribution is -1.93. The van der Waals surface area contributed by atoms with Crippen molar-refractivity contribution >= 4 is 16.8 Å². The van der Waals surface area contributed by atoms with Gasteiger partial charge in [-0.05, 0) is 43.1 Å². The van der Waals surface area contributed by atoms with Gasteiger partial charge < -0.3 is 0 Å². The monoisotopic (exact) mass is 283 g/mol. The molecule has 1 nitrogen and oxygen atoms in total. The first-order valence-corrected chi connectivity index (χ1v) is 8.28. The van der Waals surface area contributed by atoms with Crippen LogP contribution in [0.5, 0.6) is 0 Å². The minimum absolute atomic E-state index is 0.639. The number of aryl methyl sites for hydroxylation is 2. The topological polar surface area (TPSA) is 23.9 Å². The number of thioether (sulfide) groups is 1. The lowest BCUT2D eigenvalue weighted by atomic mass is 10.0. The van der Waals surface area contributed by atoms with Gasteiger partial charge in [-0.1, -0.05) is 54.6 Å². The molecule has 0 spiro atoms. The van der Waals surface area contributed by atoms with E-state index < -0.39 is 0 Å². The highest BCUT2D eigenvalue weighted by Crippen LogP contribution is 2.13. The van der Waals surface area contributed by atoms with Crippen LogP contribution >= 0.6 is 11.8 Å². The summed E-state index contributed by atoms with van der Waals surface area (Å²) >= 11 is 1.49. The number of rotatable bonds is 6. The summed E-state index contributed by atoms with van der Waals surface area (Å²) in [5.41, 5.74) is 3.82. The predicted molar refractivity (Wildman–Crippen MR) is 89.9 cm³/mol. The van der Waals surface area contributed by atoms with Crippen molar-refractivity contribution in [1.82, 2.24) is 0 Å². The van der Waals surface area contributed by atoms with Crippen molar-refractivity contribution in [2.24, 2.45) is 0 Å². The number of unbranched alkanes of at least 4 members (excludes halogenated alkanes) is 1. The van der Waals surface area contributed by atoms with E-state index in [1.54, 1.807) is 0 Å². The van der Waals surface area contributed by atoms with E-state index in [1.165, 1.54) is 35.7 Å². The van der Waals surface area contributed by atoms with Crippen LogP contribution in [-0.2, 0) is 12.8 Å². The van der Waals surface area contributed by atoms with Crippen LogP contribution in [0.3, 0.4) is 0 Å². The molecule has 2 aromatic carbocycles. The van der Waals surface area contributed by atoms with Crippen molar-refractivity contribution in [3.05, 3.63) is 71.3 Å². The maximum absolute atomic E-state index is 7.77. The van der Waals surface area contributed by atoms with E-state index in [2.05, 4.69) is 54.6 Å². The van der Waals surface area contributed by atoms with Gasteiger partial charge >= 0.3 is 0 Å². The van der Waals surface area contributed by atoms with Gasteiger partial charge in [-0.15, -0.1) is 11.8 Å². The molecule has 0 aliphatic heterocycles. The molecule has 0 amide bonds. The Hall–Kier alpha value is -1.54. The van der Waals surface area contributed by atoms with Crippen molar-refractivity contribution in [3.63, 3.8) is 0 Å². The van der Waals surface area contributed by atoms with E-state index >= 15 is 0 Å². The lowest BCUT2D eigenvalue weighted by Gasteiger charge is -2.05. The highest BCUT2D eigenvalue weighted by molar-refractivity contribution is 8.13. The Morgan fingerprint density at radius 1 is 0.850 bits per heavy atom. The van der Waals surface area contributed by atoms with Crippen molar-refractivity contribution in [2.75, 3.05) is 6.26 Å². The van der Waals surface area contributed by atoms with Gasteiger partial charge in [-0.2, -0.15) is 0 Å². The zero-order valence-electron chi connectivity index (χ0n) is 11.9. The molecule has 2 aromatic rings. The number of benzene rings is 2. The Kier molecular flexibility index (Phi) is 5.87. The molecule has 0 bridgehead atoms. The van der Waals surface area contributed by atoms with Crippen LogP contribution in [0.4, 0.5) is 0 Å². The minimum atomic E-state index is 0.639. The third-order valence-electron chi connectivity index (χ3n) is 3.44. The van der Waals surface area contributed by atoms with Crippen molar-refractivity contribution < 1.29 is 0 Å².